The van der Waals surface area contributed by atoms with E-state index in [0.29, 0.717) is 22.5 Å². The van der Waals surface area contributed by atoms with Gasteiger partial charge in [0, 0.05) is 29.0 Å². The number of anilines is 2. The number of benzene rings is 1. The van der Waals surface area contributed by atoms with Crippen molar-refractivity contribution >= 4 is 39.4 Å². The summed E-state index contributed by atoms with van der Waals surface area (Å²) in [5, 5.41) is 14.1. The van der Waals surface area contributed by atoms with Crippen LogP contribution in [-0.4, -0.2) is 35.7 Å². The Morgan fingerprint density at radius 3 is 2.75 bits per heavy atom. The lowest BCUT2D eigenvalue weighted by molar-refractivity contribution is -0.384. The topological polar surface area (TPSA) is 130 Å². The van der Waals surface area contributed by atoms with Crippen LogP contribution >= 0.6 is 0 Å². The highest BCUT2D eigenvalue weighted by atomic mass is 32.2. The van der Waals surface area contributed by atoms with Crippen molar-refractivity contribution in [2.24, 2.45) is 0 Å². The van der Waals surface area contributed by atoms with Crippen LogP contribution in [0.4, 0.5) is 17.2 Å². The molecule has 0 saturated heterocycles. The first-order chi connectivity index (χ1) is 11.5. The average molecular weight is 344 g/mol. The first kappa shape index (κ1) is 16.0. The largest absolute Gasteiger partial charge is 0.609 e. The quantitative estimate of drug-likeness (QED) is 0.330. The Morgan fingerprint density at radius 1 is 1.25 bits per heavy atom. The van der Waals surface area contributed by atoms with Gasteiger partial charge in [0.1, 0.15) is 23.6 Å². The summed E-state index contributed by atoms with van der Waals surface area (Å²) < 4.78 is 11.6. The number of rotatable bonds is 4. The molecule has 1 N–H and O–H groups in total. The third-order valence-corrected chi connectivity index (χ3v) is 4.01. The molecule has 0 amide bonds. The standard InChI is InChI=1S/C14H12N6O3S/c1-8-3-4-9(20(21)22)5-10(8)18-13-12-11(16-7-17-13)6-15-14(19-12)24(2)23/h3-7H,1-2H3,(H,16,17,18). The Morgan fingerprint density at radius 2 is 2.04 bits per heavy atom. The molecule has 9 nitrogen and oxygen atoms in total. The van der Waals surface area contributed by atoms with Crippen molar-refractivity contribution in [3.8, 4) is 0 Å². The molecule has 0 fully saturated rings. The van der Waals surface area contributed by atoms with Crippen LogP contribution in [0.3, 0.4) is 0 Å². The van der Waals surface area contributed by atoms with Gasteiger partial charge in [-0.05, 0) is 12.5 Å². The molecule has 1 atom stereocenters. The highest BCUT2D eigenvalue weighted by Crippen LogP contribution is 2.27. The summed E-state index contributed by atoms with van der Waals surface area (Å²) in [4.78, 5) is 26.9. The van der Waals surface area contributed by atoms with Gasteiger partial charge < -0.3 is 9.87 Å². The van der Waals surface area contributed by atoms with E-state index in [1.165, 1.54) is 30.9 Å². The van der Waals surface area contributed by atoms with Crippen LogP contribution < -0.4 is 5.32 Å². The van der Waals surface area contributed by atoms with Crippen molar-refractivity contribution in [1.29, 1.82) is 0 Å². The highest BCUT2D eigenvalue weighted by Gasteiger charge is 2.15. The SMILES string of the molecule is Cc1ccc([N+](=O)[O-])cc1Nc1ncnc2cnc([S+](C)[O-])nc12. The molecule has 0 bridgehead atoms. The Labute approximate surface area is 139 Å². The summed E-state index contributed by atoms with van der Waals surface area (Å²) in [5.41, 5.74) is 2.17. The number of non-ortho nitro benzene ring substituents is 1. The Bertz CT molecular complexity index is 934. The predicted molar refractivity (Wildman–Crippen MR) is 88.6 cm³/mol. The average Bonchev–Trinajstić information content (AvgIpc) is 2.56. The number of nitrogens with zero attached hydrogens (tertiary/aromatic N) is 5. The summed E-state index contributed by atoms with van der Waals surface area (Å²) in [5.74, 6) is 0.359. The molecule has 0 spiro atoms. The molecule has 1 unspecified atom stereocenters. The minimum absolute atomic E-state index is 0.0357. The van der Waals surface area contributed by atoms with Crippen LogP contribution in [0.2, 0.25) is 0 Å². The smallest absolute Gasteiger partial charge is 0.343 e. The van der Waals surface area contributed by atoms with E-state index < -0.39 is 16.1 Å². The van der Waals surface area contributed by atoms with Crippen molar-refractivity contribution in [2.75, 3.05) is 11.6 Å². The maximum absolute atomic E-state index is 11.6. The minimum Gasteiger partial charge on any atom is -0.609 e. The van der Waals surface area contributed by atoms with Gasteiger partial charge in [0.15, 0.2) is 5.82 Å². The van der Waals surface area contributed by atoms with E-state index in [4.69, 9.17) is 0 Å². The molecule has 0 saturated carbocycles. The molecular formula is C14H12N6O3S. The molecule has 0 aliphatic carbocycles. The summed E-state index contributed by atoms with van der Waals surface area (Å²) in [6.45, 7) is 1.82. The van der Waals surface area contributed by atoms with Gasteiger partial charge >= 0.3 is 5.16 Å². The number of aryl methyl sites for hydroxylation is 1. The van der Waals surface area contributed by atoms with Gasteiger partial charge in [0.2, 0.25) is 0 Å². The van der Waals surface area contributed by atoms with Crippen LogP contribution in [0.5, 0.6) is 0 Å². The van der Waals surface area contributed by atoms with Crippen LogP contribution in [0, 0.1) is 17.0 Å². The minimum atomic E-state index is -1.35. The molecule has 0 radical (unpaired) electrons. The number of aromatic nitrogens is 4. The normalized spacial score (nSPS) is 12.1. The van der Waals surface area contributed by atoms with E-state index in [1.54, 1.807) is 6.07 Å². The van der Waals surface area contributed by atoms with Gasteiger partial charge in [0.25, 0.3) is 5.69 Å². The number of hydrogen-bond acceptors (Lipinski definition) is 8. The van der Waals surface area contributed by atoms with E-state index in [9.17, 15) is 14.7 Å². The Hall–Kier alpha value is -2.85. The van der Waals surface area contributed by atoms with Gasteiger partial charge in [-0.2, -0.15) is 9.97 Å². The van der Waals surface area contributed by atoms with Crippen molar-refractivity contribution in [1.82, 2.24) is 19.9 Å². The maximum Gasteiger partial charge on any atom is 0.343 e. The molecule has 24 heavy (non-hydrogen) atoms. The van der Waals surface area contributed by atoms with Crippen LogP contribution in [0.15, 0.2) is 35.9 Å². The molecule has 0 aliphatic rings. The van der Waals surface area contributed by atoms with Gasteiger partial charge in [-0.15, -0.1) is 0 Å². The fourth-order valence-electron chi connectivity index (χ4n) is 2.05. The number of nitro benzene ring substituents is 1. The fraction of sp³-hybridized carbons (Fsp3) is 0.143. The van der Waals surface area contributed by atoms with Gasteiger partial charge in [0.05, 0.1) is 11.1 Å². The monoisotopic (exact) mass is 344 g/mol. The second kappa shape index (κ2) is 6.34. The van der Waals surface area contributed by atoms with Crippen LogP contribution in [-0.2, 0) is 11.2 Å². The van der Waals surface area contributed by atoms with E-state index in [2.05, 4.69) is 25.3 Å². The Balaban J connectivity index is 2.08. The number of nitrogens with one attached hydrogen (secondary N) is 1. The second-order valence-corrected chi connectivity index (χ2v) is 6.22. The van der Waals surface area contributed by atoms with Crippen LogP contribution in [0.25, 0.3) is 11.0 Å². The Kier molecular flexibility index (Phi) is 4.23. The molecular weight excluding hydrogens is 332 g/mol. The van der Waals surface area contributed by atoms with Crippen molar-refractivity contribution in [3.63, 3.8) is 0 Å². The predicted octanol–water partition coefficient (Wildman–Crippen LogP) is 2.12. The van der Waals surface area contributed by atoms with Gasteiger partial charge in [-0.1, -0.05) is 6.07 Å². The molecule has 1 aromatic carbocycles. The number of nitro groups is 1. The second-order valence-electron chi connectivity index (χ2n) is 4.94. The molecule has 122 valence electrons. The van der Waals surface area contributed by atoms with E-state index in [0.717, 1.165) is 5.56 Å². The van der Waals surface area contributed by atoms with E-state index in [1.807, 2.05) is 6.92 Å². The van der Waals surface area contributed by atoms with Gasteiger partial charge in [-0.3, -0.25) is 10.1 Å². The van der Waals surface area contributed by atoms with Crippen molar-refractivity contribution in [3.05, 3.63) is 46.4 Å². The lowest BCUT2D eigenvalue weighted by Gasteiger charge is -2.10. The third-order valence-electron chi connectivity index (χ3n) is 3.30. The highest BCUT2D eigenvalue weighted by molar-refractivity contribution is 7.90. The summed E-state index contributed by atoms with van der Waals surface area (Å²) >= 11 is -1.35. The van der Waals surface area contributed by atoms with Crippen molar-refractivity contribution in [2.45, 2.75) is 12.1 Å². The number of hydrogen-bond donors (Lipinski definition) is 1. The zero-order chi connectivity index (χ0) is 17.3. The third kappa shape index (κ3) is 3.09. The maximum atomic E-state index is 11.6. The summed E-state index contributed by atoms with van der Waals surface area (Å²) in [6, 6.07) is 4.49. The molecule has 0 aliphatic heterocycles. The molecule has 3 rings (SSSR count). The van der Waals surface area contributed by atoms with E-state index >= 15 is 0 Å². The van der Waals surface area contributed by atoms with E-state index in [-0.39, 0.29) is 10.8 Å². The summed E-state index contributed by atoms with van der Waals surface area (Å²) in [6.07, 6.45) is 4.28. The first-order valence-corrected chi connectivity index (χ1v) is 8.35. The number of fused-ring (bicyclic) bond motifs is 1. The van der Waals surface area contributed by atoms with Crippen molar-refractivity contribution < 1.29 is 9.48 Å². The molecule has 2 heterocycles. The molecule has 2 aromatic heterocycles. The lowest BCUT2D eigenvalue weighted by Crippen LogP contribution is -2.06. The van der Waals surface area contributed by atoms with Crippen LogP contribution in [0.1, 0.15) is 5.56 Å². The zero-order valence-electron chi connectivity index (χ0n) is 12.8. The zero-order valence-corrected chi connectivity index (χ0v) is 13.6. The molecule has 3 aromatic rings. The summed E-state index contributed by atoms with van der Waals surface area (Å²) in [7, 11) is 0. The fourth-order valence-corrected chi connectivity index (χ4v) is 2.47. The molecule has 10 heteroatoms. The first-order valence-electron chi connectivity index (χ1n) is 6.79. The van der Waals surface area contributed by atoms with Gasteiger partial charge in [-0.25, -0.2) is 9.97 Å². The lowest BCUT2D eigenvalue weighted by atomic mass is 10.2.